The second-order valence-corrected chi connectivity index (χ2v) is 6.30. The number of aromatic nitrogens is 2. The Balaban J connectivity index is 1.73. The number of hydrogen-bond donors (Lipinski definition) is 0. The van der Waals surface area contributed by atoms with Crippen LogP contribution in [0.15, 0.2) is 16.0 Å². The molecule has 3 rings (SSSR count). The summed E-state index contributed by atoms with van der Waals surface area (Å²) in [6.45, 7) is 6.23. The van der Waals surface area contributed by atoms with E-state index in [1.54, 1.807) is 4.88 Å². The Hall–Kier alpha value is -1.20. The first-order valence-electron chi connectivity index (χ1n) is 7.43. The molecule has 0 saturated heterocycles. The summed E-state index contributed by atoms with van der Waals surface area (Å²) >= 11 is 1.89. The number of nitrogens with zero attached hydrogens (tertiary/aromatic N) is 3. The Morgan fingerprint density at radius 3 is 3.15 bits per heavy atom. The van der Waals surface area contributed by atoms with Gasteiger partial charge in [-0.1, -0.05) is 19.0 Å². The van der Waals surface area contributed by atoms with E-state index < -0.39 is 0 Å². The molecule has 0 aliphatic carbocycles. The van der Waals surface area contributed by atoms with Crippen molar-refractivity contribution in [3.8, 4) is 0 Å². The lowest BCUT2D eigenvalue weighted by Gasteiger charge is -2.34. The number of thiophene rings is 1. The molecule has 0 fully saturated rings. The molecule has 4 nitrogen and oxygen atoms in total. The van der Waals surface area contributed by atoms with Crippen molar-refractivity contribution in [1.82, 2.24) is 15.0 Å². The van der Waals surface area contributed by atoms with Gasteiger partial charge in [0.05, 0.1) is 6.54 Å². The van der Waals surface area contributed by atoms with Crippen LogP contribution in [0.25, 0.3) is 0 Å². The molecule has 1 aliphatic rings. The summed E-state index contributed by atoms with van der Waals surface area (Å²) in [7, 11) is 0. The summed E-state index contributed by atoms with van der Waals surface area (Å²) in [5.74, 6) is 1.59. The molecule has 2 aromatic rings. The highest BCUT2D eigenvalue weighted by Crippen LogP contribution is 2.35. The van der Waals surface area contributed by atoms with Crippen LogP contribution in [0.1, 0.15) is 54.9 Å². The maximum Gasteiger partial charge on any atom is 0.240 e. The van der Waals surface area contributed by atoms with Gasteiger partial charge in [-0.05, 0) is 36.3 Å². The van der Waals surface area contributed by atoms with Gasteiger partial charge in [0.2, 0.25) is 5.89 Å². The maximum absolute atomic E-state index is 5.38. The highest BCUT2D eigenvalue weighted by molar-refractivity contribution is 7.10. The molecular weight excluding hydrogens is 270 g/mol. The van der Waals surface area contributed by atoms with Crippen LogP contribution in [0.4, 0.5) is 0 Å². The minimum absolute atomic E-state index is 0.492. The van der Waals surface area contributed by atoms with E-state index in [2.05, 4.69) is 40.3 Å². The standard InChI is InChI=1S/C15H21N3OS/c1-3-5-14-16-15(19-17-14)10-18-8-6-13-11(7-9-20-13)12(18)4-2/h7,9,12H,3-6,8,10H2,1-2H3. The van der Waals surface area contributed by atoms with E-state index >= 15 is 0 Å². The third kappa shape index (κ3) is 2.65. The fourth-order valence-corrected chi connectivity index (χ4v) is 3.90. The molecular formula is C15H21N3OS. The van der Waals surface area contributed by atoms with E-state index in [0.717, 1.165) is 50.5 Å². The number of hydrogen-bond acceptors (Lipinski definition) is 5. The van der Waals surface area contributed by atoms with Gasteiger partial charge in [-0.15, -0.1) is 11.3 Å². The zero-order valence-corrected chi connectivity index (χ0v) is 12.9. The van der Waals surface area contributed by atoms with Crippen molar-refractivity contribution in [1.29, 1.82) is 0 Å². The molecule has 0 aromatic carbocycles. The summed E-state index contributed by atoms with van der Waals surface area (Å²) < 4.78 is 5.38. The van der Waals surface area contributed by atoms with Crippen LogP contribution < -0.4 is 0 Å². The van der Waals surface area contributed by atoms with Crippen LogP contribution in [-0.2, 0) is 19.4 Å². The second kappa shape index (κ2) is 6.06. The first-order valence-corrected chi connectivity index (χ1v) is 8.31. The molecule has 0 spiro atoms. The van der Waals surface area contributed by atoms with Gasteiger partial charge in [0.1, 0.15) is 0 Å². The molecule has 1 aliphatic heterocycles. The zero-order valence-electron chi connectivity index (χ0n) is 12.1. The Morgan fingerprint density at radius 2 is 2.35 bits per heavy atom. The minimum atomic E-state index is 0.492. The number of fused-ring (bicyclic) bond motifs is 1. The van der Waals surface area contributed by atoms with Gasteiger partial charge in [0.15, 0.2) is 5.82 Å². The molecule has 20 heavy (non-hydrogen) atoms. The van der Waals surface area contributed by atoms with Crippen molar-refractivity contribution in [2.24, 2.45) is 0 Å². The molecule has 0 amide bonds. The first kappa shape index (κ1) is 13.8. The van der Waals surface area contributed by atoms with Crippen LogP contribution in [0.5, 0.6) is 0 Å². The fourth-order valence-electron chi connectivity index (χ4n) is 2.97. The maximum atomic E-state index is 5.38. The van der Waals surface area contributed by atoms with Gasteiger partial charge in [-0.25, -0.2) is 0 Å². The van der Waals surface area contributed by atoms with E-state index in [1.807, 2.05) is 11.3 Å². The van der Waals surface area contributed by atoms with Gasteiger partial charge < -0.3 is 4.52 Å². The van der Waals surface area contributed by atoms with Crippen molar-refractivity contribution in [2.45, 2.75) is 52.1 Å². The lowest BCUT2D eigenvalue weighted by Crippen LogP contribution is -2.34. The molecule has 5 heteroatoms. The predicted molar refractivity (Wildman–Crippen MR) is 79.8 cm³/mol. The normalized spacial score (nSPS) is 19.2. The summed E-state index contributed by atoms with van der Waals surface area (Å²) in [5, 5.41) is 6.26. The van der Waals surface area contributed by atoms with Crippen LogP contribution in [-0.4, -0.2) is 21.6 Å². The fraction of sp³-hybridized carbons (Fsp3) is 0.600. The third-order valence-electron chi connectivity index (χ3n) is 3.91. The quantitative estimate of drug-likeness (QED) is 0.844. The lowest BCUT2D eigenvalue weighted by atomic mass is 9.98. The van der Waals surface area contributed by atoms with Gasteiger partial charge in [0.25, 0.3) is 0 Å². The van der Waals surface area contributed by atoms with E-state index in [0.29, 0.717) is 6.04 Å². The van der Waals surface area contributed by atoms with E-state index in [1.165, 1.54) is 5.56 Å². The van der Waals surface area contributed by atoms with Crippen LogP contribution in [0.3, 0.4) is 0 Å². The largest absolute Gasteiger partial charge is 0.338 e. The van der Waals surface area contributed by atoms with E-state index in [-0.39, 0.29) is 0 Å². The monoisotopic (exact) mass is 291 g/mol. The van der Waals surface area contributed by atoms with Crippen molar-refractivity contribution in [3.63, 3.8) is 0 Å². The molecule has 1 unspecified atom stereocenters. The molecule has 1 atom stereocenters. The zero-order chi connectivity index (χ0) is 13.9. The van der Waals surface area contributed by atoms with Crippen molar-refractivity contribution < 1.29 is 4.52 Å². The smallest absolute Gasteiger partial charge is 0.240 e. The Kier molecular flexibility index (Phi) is 4.17. The summed E-state index contributed by atoms with van der Waals surface area (Å²) in [5.41, 5.74) is 1.50. The first-order chi connectivity index (χ1) is 9.81. The van der Waals surface area contributed by atoms with Crippen LogP contribution >= 0.6 is 11.3 Å². The van der Waals surface area contributed by atoms with Crippen molar-refractivity contribution >= 4 is 11.3 Å². The Labute approximate surface area is 123 Å². The topological polar surface area (TPSA) is 42.2 Å². The van der Waals surface area contributed by atoms with Crippen molar-refractivity contribution in [3.05, 3.63) is 33.6 Å². The minimum Gasteiger partial charge on any atom is -0.338 e. The van der Waals surface area contributed by atoms with Gasteiger partial charge in [-0.2, -0.15) is 4.98 Å². The lowest BCUT2D eigenvalue weighted by molar-refractivity contribution is 0.151. The molecule has 0 N–H and O–H groups in total. The van der Waals surface area contributed by atoms with Crippen molar-refractivity contribution in [2.75, 3.05) is 6.54 Å². The highest BCUT2D eigenvalue weighted by Gasteiger charge is 2.28. The molecule has 0 saturated carbocycles. The van der Waals surface area contributed by atoms with Crippen LogP contribution in [0.2, 0.25) is 0 Å². The van der Waals surface area contributed by atoms with Gasteiger partial charge >= 0.3 is 0 Å². The molecule has 3 heterocycles. The SMILES string of the molecule is CCCc1noc(CN2CCc3sccc3C2CC)n1. The van der Waals surface area contributed by atoms with Gasteiger partial charge in [-0.3, -0.25) is 4.90 Å². The molecule has 0 bridgehead atoms. The summed E-state index contributed by atoms with van der Waals surface area (Å²) in [4.78, 5) is 8.51. The molecule has 2 aromatic heterocycles. The average Bonchev–Trinajstić information content (AvgIpc) is 3.08. The summed E-state index contributed by atoms with van der Waals surface area (Å²) in [6.07, 6.45) is 4.22. The Bertz CT molecular complexity index is 563. The number of aryl methyl sites for hydroxylation is 1. The number of rotatable bonds is 5. The third-order valence-corrected chi connectivity index (χ3v) is 4.91. The Morgan fingerprint density at radius 1 is 1.45 bits per heavy atom. The highest BCUT2D eigenvalue weighted by atomic mass is 32.1. The second-order valence-electron chi connectivity index (χ2n) is 5.30. The molecule has 0 radical (unpaired) electrons. The van der Waals surface area contributed by atoms with Crippen LogP contribution in [0, 0.1) is 0 Å². The predicted octanol–water partition coefficient (Wildman–Crippen LogP) is 3.59. The molecule has 108 valence electrons. The van der Waals surface area contributed by atoms with E-state index in [9.17, 15) is 0 Å². The average molecular weight is 291 g/mol. The van der Waals surface area contributed by atoms with Gasteiger partial charge in [0, 0.05) is 23.9 Å². The van der Waals surface area contributed by atoms with E-state index in [4.69, 9.17) is 4.52 Å². The summed E-state index contributed by atoms with van der Waals surface area (Å²) in [6, 6.07) is 2.77.